The van der Waals surface area contributed by atoms with Gasteiger partial charge in [0.05, 0.1) is 32.0 Å². The first kappa shape index (κ1) is 80.0. The number of hydrogen-bond acceptors (Lipinski definition) is 13. The van der Waals surface area contributed by atoms with E-state index in [1.165, 1.54) is 154 Å². The van der Waals surface area contributed by atoms with Crippen molar-refractivity contribution >= 4 is 5.91 Å². The number of nitrogens with one attached hydrogen (secondary N) is 1. The van der Waals surface area contributed by atoms with Gasteiger partial charge in [0.2, 0.25) is 5.91 Å². The summed E-state index contributed by atoms with van der Waals surface area (Å²) in [7, 11) is 0. The van der Waals surface area contributed by atoms with Gasteiger partial charge in [-0.15, -0.1) is 0 Å². The van der Waals surface area contributed by atoms with Crippen molar-refractivity contribution in [3.8, 4) is 0 Å². The summed E-state index contributed by atoms with van der Waals surface area (Å²) in [5.74, 6) is -0.253. The maximum Gasteiger partial charge on any atom is 0.220 e. The van der Waals surface area contributed by atoms with Crippen LogP contribution in [-0.4, -0.2) is 140 Å². The number of ether oxygens (including phenoxy) is 4. The molecule has 12 unspecified atom stereocenters. The molecule has 12 atom stereocenters. The number of hydrogen-bond donors (Lipinski definition) is 9. The number of aliphatic hydroxyl groups excluding tert-OH is 8. The average molecular weight is 1230 g/mol. The molecule has 2 aliphatic heterocycles. The van der Waals surface area contributed by atoms with Crippen LogP contribution in [0.1, 0.15) is 264 Å². The van der Waals surface area contributed by atoms with Gasteiger partial charge in [-0.1, -0.05) is 272 Å². The highest BCUT2D eigenvalue weighted by Crippen LogP contribution is 2.30. The van der Waals surface area contributed by atoms with E-state index < -0.39 is 86.8 Å². The molecule has 0 saturated carbocycles. The molecule has 87 heavy (non-hydrogen) atoms. The maximum atomic E-state index is 13.3. The Morgan fingerprint density at radius 2 is 0.805 bits per heavy atom. The maximum absolute atomic E-state index is 13.3. The summed E-state index contributed by atoms with van der Waals surface area (Å²) in [6.07, 6.45) is 63.1. The second-order valence-corrected chi connectivity index (χ2v) is 24.3. The molecule has 0 aliphatic carbocycles. The molecular formula is C73H127NO13. The van der Waals surface area contributed by atoms with E-state index in [2.05, 4.69) is 104 Å². The van der Waals surface area contributed by atoms with Gasteiger partial charge in [-0.05, 0) is 83.5 Å². The average Bonchev–Trinajstić information content (AvgIpc) is 2.33. The molecule has 0 aromatic rings. The Kier molecular flexibility index (Phi) is 52.3. The summed E-state index contributed by atoms with van der Waals surface area (Å²) < 4.78 is 22.8. The first-order valence-electron chi connectivity index (χ1n) is 35.0. The van der Waals surface area contributed by atoms with Gasteiger partial charge in [-0.2, -0.15) is 0 Å². The summed E-state index contributed by atoms with van der Waals surface area (Å²) in [5.41, 5.74) is 0. The van der Waals surface area contributed by atoms with Gasteiger partial charge >= 0.3 is 0 Å². The van der Waals surface area contributed by atoms with Crippen molar-refractivity contribution in [2.24, 2.45) is 0 Å². The molecule has 0 aromatic carbocycles. The molecule has 2 fully saturated rings. The highest BCUT2D eigenvalue weighted by molar-refractivity contribution is 5.76. The second kappa shape index (κ2) is 56.9. The molecular weight excluding hydrogens is 1100 g/mol. The summed E-state index contributed by atoms with van der Waals surface area (Å²) in [5, 5.41) is 87.4. The zero-order valence-electron chi connectivity index (χ0n) is 54.5. The van der Waals surface area contributed by atoms with Crippen LogP contribution in [0, 0.1) is 0 Å². The van der Waals surface area contributed by atoms with Gasteiger partial charge in [-0.3, -0.25) is 4.79 Å². The highest BCUT2D eigenvalue weighted by atomic mass is 16.7. The second-order valence-electron chi connectivity index (χ2n) is 24.3. The normalized spacial score (nSPS) is 23.9. The van der Waals surface area contributed by atoms with Gasteiger partial charge in [0, 0.05) is 6.42 Å². The van der Waals surface area contributed by atoms with E-state index in [0.717, 1.165) is 77.0 Å². The van der Waals surface area contributed by atoms with Crippen molar-refractivity contribution in [3.05, 3.63) is 97.2 Å². The van der Waals surface area contributed by atoms with Crippen LogP contribution in [0.15, 0.2) is 97.2 Å². The lowest BCUT2D eigenvalue weighted by Crippen LogP contribution is -2.65. The van der Waals surface area contributed by atoms with E-state index in [1.807, 2.05) is 6.08 Å². The molecule has 2 rings (SSSR count). The topological polar surface area (TPSA) is 228 Å². The quantitative estimate of drug-likeness (QED) is 0.0204. The van der Waals surface area contributed by atoms with Crippen LogP contribution in [0.3, 0.4) is 0 Å². The van der Waals surface area contributed by atoms with Crippen LogP contribution in [-0.2, 0) is 23.7 Å². The number of rotatable bonds is 56. The van der Waals surface area contributed by atoms with Gasteiger partial charge in [0.15, 0.2) is 12.6 Å². The van der Waals surface area contributed by atoms with E-state index in [0.29, 0.717) is 12.8 Å². The van der Waals surface area contributed by atoms with Crippen LogP contribution in [0.4, 0.5) is 0 Å². The predicted octanol–water partition coefficient (Wildman–Crippen LogP) is 14.2. The summed E-state index contributed by atoms with van der Waals surface area (Å²) >= 11 is 0. The Balaban J connectivity index is 1.69. The molecule has 0 spiro atoms. The zero-order valence-corrected chi connectivity index (χ0v) is 54.5. The molecule has 502 valence electrons. The van der Waals surface area contributed by atoms with Crippen molar-refractivity contribution in [3.63, 3.8) is 0 Å². The minimum absolute atomic E-state index is 0.253. The number of carbonyl (C=O) groups is 1. The van der Waals surface area contributed by atoms with E-state index in [-0.39, 0.29) is 18.9 Å². The number of aliphatic hydroxyl groups is 8. The Morgan fingerprint density at radius 3 is 1.26 bits per heavy atom. The predicted molar refractivity (Wildman–Crippen MR) is 355 cm³/mol. The third-order valence-electron chi connectivity index (χ3n) is 16.5. The Hall–Kier alpha value is -3.09. The largest absolute Gasteiger partial charge is 0.394 e. The van der Waals surface area contributed by atoms with E-state index >= 15 is 0 Å². The molecule has 2 saturated heterocycles. The molecule has 0 radical (unpaired) electrons. The van der Waals surface area contributed by atoms with Crippen molar-refractivity contribution in [2.75, 3.05) is 19.8 Å². The molecule has 14 heteroatoms. The van der Waals surface area contributed by atoms with Crippen molar-refractivity contribution < 1.29 is 64.6 Å². The third kappa shape index (κ3) is 41.1. The summed E-state index contributed by atoms with van der Waals surface area (Å²) in [6, 6.07) is -0.939. The SMILES string of the molecule is CC/C=C\C/C=C\C/C=C\C/C=C\C/C=C\C/C=C\CCCCCCCCCCCCCCC(=O)NC(COC1OC(CO)C(OC2OC(CO)C(O)C(O)C2O)C(O)C1O)C(O)/C=C/CC/C=C/CCCCCCCCCCCCCCCCCC. The minimum Gasteiger partial charge on any atom is -0.394 e. The molecule has 0 aromatic heterocycles. The fourth-order valence-electron chi connectivity index (χ4n) is 11.0. The third-order valence-corrected chi connectivity index (χ3v) is 16.5. The van der Waals surface area contributed by atoms with Crippen molar-refractivity contribution in [1.82, 2.24) is 5.32 Å². The van der Waals surface area contributed by atoms with Crippen molar-refractivity contribution in [1.29, 1.82) is 0 Å². The standard InChI is InChI=1S/C73H127NO13/c1-3-5-7-9-11-13-15-17-19-21-23-25-27-28-29-30-31-32-33-34-35-37-39-41-43-45-47-49-51-53-55-57-65(78)74-61(60-84-72-70(83)68(81)71(64(59-76)86-72)87-73-69(82)67(80)66(79)63(58-75)85-73)62(77)56-54-52-50-48-46-44-42-40-38-36-26-24-22-20-18-16-14-12-10-8-6-4-2/h5,7,11,13,17,19,23,25,28-29,31-32,46,48,54,56,61-64,66-73,75-77,79-83H,3-4,6,8-10,12,14-16,18,20-22,24,26-27,30,33-45,47,49-53,55,57-60H2,1-2H3,(H,74,78)/b7-5-,13-11-,19-17-,25-23-,29-28-,32-31-,48-46+,56-54+. The van der Waals surface area contributed by atoms with Gasteiger partial charge in [0.25, 0.3) is 0 Å². The number of unbranched alkanes of at least 4 members (excludes halogenated alkanes) is 29. The zero-order chi connectivity index (χ0) is 63.1. The fourth-order valence-corrected chi connectivity index (χ4v) is 11.0. The Bertz CT molecular complexity index is 1830. The molecule has 1 amide bonds. The first-order chi connectivity index (χ1) is 42.6. The van der Waals surface area contributed by atoms with Gasteiger partial charge in [0.1, 0.15) is 48.8 Å². The molecule has 2 heterocycles. The van der Waals surface area contributed by atoms with E-state index in [1.54, 1.807) is 6.08 Å². The molecule has 2 aliphatic rings. The monoisotopic (exact) mass is 1230 g/mol. The molecule has 0 bridgehead atoms. The summed E-state index contributed by atoms with van der Waals surface area (Å²) in [4.78, 5) is 13.3. The van der Waals surface area contributed by atoms with Gasteiger partial charge < -0.3 is 65.1 Å². The fraction of sp³-hybridized carbons (Fsp3) is 0.767. The van der Waals surface area contributed by atoms with Crippen LogP contribution in [0.25, 0.3) is 0 Å². The van der Waals surface area contributed by atoms with Gasteiger partial charge in [-0.25, -0.2) is 0 Å². The van der Waals surface area contributed by atoms with E-state index in [4.69, 9.17) is 18.9 Å². The molecule has 14 nitrogen and oxygen atoms in total. The van der Waals surface area contributed by atoms with E-state index in [9.17, 15) is 45.6 Å². The number of amides is 1. The number of carbonyl (C=O) groups excluding carboxylic acids is 1. The van der Waals surface area contributed by atoms with Crippen LogP contribution in [0.2, 0.25) is 0 Å². The Labute approximate surface area is 528 Å². The lowest BCUT2D eigenvalue weighted by atomic mass is 9.97. The first-order valence-corrected chi connectivity index (χ1v) is 35.0. The molecule has 9 N–H and O–H groups in total. The van der Waals surface area contributed by atoms with Crippen LogP contribution in [0.5, 0.6) is 0 Å². The minimum atomic E-state index is -1.80. The lowest BCUT2D eigenvalue weighted by molar-refractivity contribution is -0.359. The summed E-state index contributed by atoms with van der Waals surface area (Å²) in [6.45, 7) is 2.68. The number of allylic oxidation sites excluding steroid dienone is 15. The van der Waals surface area contributed by atoms with Crippen LogP contribution >= 0.6 is 0 Å². The highest BCUT2D eigenvalue weighted by Gasteiger charge is 2.51. The Morgan fingerprint density at radius 1 is 0.425 bits per heavy atom. The smallest absolute Gasteiger partial charge is 0.220 e. The van der Waals surface area contributed by atoms with Crippen molar-refractivity contribution in [2.45, 2.75) is 338 Å². The van der Waals surface area contributed by atoms with Crippen LogP contribution < -0.4 is 5.32 Å². The lowest BCUT2D eigenvalue weighted by Gasteiger charge is -2.46.